The number of aromatic nitrogens is 1. The van der Waals surface area contributed by atoms with Crippen molar-refractivity contribution in [2.45, 2.75) is 32.2 Å². The summed E-state index contributed by atoms with van der Waals surface area (Å²) >= 11 is 0. The van der Waals surface area contributed by atoms with E-state index >= 15 is 0 Å². The second-order valence-corrected chi connectivity index (χ2v) is 5.65. The molecule has 1 aromatic heterocycles. The highest BCUT2D eigenvalue weighted by molar-refractivity contribution is 5.97. The molecule has 0 aliphatic carbocycles. The summed E-state index contributed by atoms with van der Waals surface area (Å²) in [4.78, 5) is 29.5. The summed E-state index contributed by atoms with van der Waals surface area (Å²) in [7, 11) is 3.94. The van der Waals surface area contributed by atoms with Crippen LogP contribution in [-0.4, -0.2) is 47.8 Å². The Morgan fingerprint density at radius 2 is 2.00 bits per heavy atom. The molecule has 0 saturated heterocycles. The van der Waals surface area contributed by atoms with E-state index in [0.717, 1.165) is 0 Å². The minimum absolute atomic E-state index is 0.0554. The molecule has 0 fully saturated rings. The smallest absolute Gasteiger partial charge is 0.220 e. The molecule has 1 heterocycles. The molecular weight excluding hydrogens is 254 g/mol. The third-order valence-electron chi connectivity index (χ3n) is 3.49. The highest BCUT2D eigenvalue weighted by Gasteiger charge is 2.21. The van der Waals surface area contributed by atoms with Gasteiger partial charge >= 0.3 is 0 Å². The van der Waals surface area contributed by atoms with E-state index in [2.05, 4.69) is 10.3 Å². The van der Waals surface area contributed by atoms with Crippen molar-refractivity contribution < 1.29 is 9.59 Å². The van der Waals surface area contributed by atoms with E-state index in [1.807, 2.05) is 32.8 Å². The molecule has 0 bridgehead atoms. The predicted octanol–water partition coefficient (Wildman–Crippen LogP) is 1.50. The first-order valence-electron chi connectivity index (χ1n) is 6.70. The summed E-state index contributed by atoms with van der Waals surface area (Å²) in [5, 5.41) is 2.86. The Morgan fingerprint density at radius 1 is 1.30 bits per heavy atom. The summed E-state index contributed by atoms with van der Waals surface area (Å²) in [5.41, 5.74) is 0.442. The van der Waals surface area contributed by atoms with Crippen LogP contribution in [0.25, 0.3) is 0 Å². The topological polar surface area (TPSA) is 62.3 Å². The van der Waals surface area contributed by atoms with Gasteiger partial charge in [-0.3, -0.25) is 14.6 Å². The normalized spacial score (nSPS) is 11.4. The van der Waals surface area contributed by atoms with Crippen molar-refractivity contribution >= 4 is 11.7 Å². The molecule has 0 spiro atoms. The molecule has 0 aliphatic rings. The summed E-state index contributed by atoms with van der Waals surface area (Å²) in [6.45, 7) is 4.65. The molecular formula is C15H23N3O2. The van der Waals surface area contributed by atoms with E-state index in [1.165, 1.54) is 6.20 Å². The molecule has 5 nitrogen and oxygen atoms in total. The third-order valence-corrected chi connectivity index (χ3v) is 3.49. The number of hydrogen-bond donors (Lipinski definition) is 1. The SMILES string of the molecule is CN(C)C(C)(C)CNC(=O)CCC(=O)c1cccnc1. The van der Waals surface area contributed by atoms with Gasteiger partial charge in [0.05, 0.1) is 0 Å². The number of likely N-dealkylation sites (N-methyl/N-ethyl adjacent to an activating group) is 1. The van der Waals surface area contributed by atoms with E-state index < -0.39 is 0 Å². The van der Waals surface area contributed by atoms with Crippen LogP contribution in [0.2, 0.25) is 0 Å². The van der Waals surface area contributed by atoms with E-state index in [9.17, 15) is 9.59 Å². The lowest BCUT2D eigenvalue weighted by molar-refractivity contribution is -0.121. The molecule has 0 saturated carbocycles. The Labute approximate surface area is 120 Å². The van der Waals surface area contributed by atoms with Crippen LogP contribution in [0, 0.1) is 0 Å². The Kier molecular flexibility index (Phi) is 5.82. The Bertz CT molecular complexity index is 455. The largest absolute Gasteiger partial charge is 0.354 e. The number of carbonyl (C=O) groups excluding carboxylic acids is 2. The number of Topliss-reactive ketones (excluding diaryl/α,β-unsaturated/α-hetero) is 1. The molecule has 110 valence electrons. The van der Waals surface area contributed by atoms with Crippen LogP contribution in [0.15, 0.2) is 24.5 Å². The summed E-state index contributed by atoms with van der Waals surface area (Å²) in [6.07, 6.45) is 3.55. The van der Waals surface area contributed by atoms with Crippen molar-refractivity contribution in [3.8, 4) is 0 Å². The zero-order valence-corrected chi connectivity index (χ0v) is 12.6. The molecule has 20 heavy (non-hydrogen) atoms. The molecule has 1 N–H and O–H groups in total. The Morgan fingerprint density at radius 3 is 2.55 bits per heavy atom. The molecule has 0 unspecified atom stereocenters. The van der Waals surface area contributed by atoms with Crippen LogP contribution < -0.4 is 5.32 Å². The zero-order valence-electron chi connectivity index (χ0n) is 12.6. The van der Waals surface area contributed by atoms with Gasteiger partial charge in [-0.25, -0.2) is 0 Å². The fourth-order valence-electron chi connectivity index (χ4n) is 1.46. The van der Waals surface area contributed by atoms with Crippen LogP contribution in [0.1, 0.15) is 37.0 Å². The van der Waals surface area contributed by atoms with Gasteiger partial charge < -0.3 is 10.2 Å². The molecule has 0 atom stereocenters. The van der Waals surface area contributed by atoms with Crippen molar-refractivity contribution in [3.05, 3.63) is 30.1 Å². The van der Waals surface area contributed by atoms with Gasteiger partial charge in [0, 0.05) is 42.9 Å². The summed E-state index contributed by atoms with van der Waals surface area (Å²) < 4.78 is 0. The molecule has 1 aromatic rings. The number of ketones is 1. The number of amides is 1. The Hall–Kier alpha value is -1.75. The molecule has 1 rings (SSSR count). The fourth-order valence-corrected chi connectivity index (χ4v) is 1.46. The number of carbonyl (C=O) groups is 2. The van der Waals surface area contributed by atoms with E-state index in [1.54, 1.807) is 18.3 Å². The molecule has 0 radical (unpaired) electrons. The first-order valence-corrected chi connectivity index (χ1v) is 6.70. The van der Waals surface area contributed by atoms with Crippen molar-refractivity contribution in [1.82, 2.24) is 15.2 Å². The van der Waals surface area contributed by atoms with Crippen molar-refractivity contribution in [2.24, 2.45) is 0 Å². The highest BCUT2D eigenvalue weighted by Crippen LogP contribution is 2.08. The average molecular weight is 277 g/mol. The first kappa shape index (κ1) is 16.3. The monoisotopic (exact) mass is 277 g/mol. The van der Waals surface area contributed by atoms with Crippen LogP contribution in [-0.2, 0) is 4.79 Å². The quantitative estimate of drug-likeness (QED) is 0.767. The number of hydrogen-bond acceptors (Lipinski definition) is 4. The van der Waals surface area contributed by atoms with Gasteiger partial charge in [0.2, 0.25) is 5.91 Å². The highest BCUT2D eigenvalue weighted by atomic mass is 16.2. The van der Waals surface area contributed by atoms with E-state index in [0.29, 0.717) is 12.1 Å². The molecule has 0 aromatic carbocycles. The molecule has 0 aliphatic heterocycles. The van der Waals surface area contributed by atoms with Crippen molar-refractivity contribution in [3.63, 3.8) is 0 Å². The van der Waals surface area contributed by atoms with Crippen LogP contribution in [0.5, 0.6) is 0 Å². The maximum absolute atomic E-state index is 11.8. The standard InChI is InChI=1S/C15H23N3O2/c1-15(2,18(3)4)11-17-14(20)8-7-13(19)12-6-5-9-16-10-12/h5-6,9-10H,7-8,11H2,1-4H3,(H,17,20). The molecule has 1 amide bonds. The molecule has 5 heteroatoms. The maximum Gasteiger partial charge on any atom is 0.220 e. The minimum Gasteiger partial charge on any atom is -0.354 e. The van der Waals surface area contributed by atoms with Crippen LogP contribution in [0.3, 0.4) is 0 Å². The maximum atomic E-state index is 11.8. The van der Waals surface area contributed by atoms with Gasteiger partial charge in [0.1, 0.15) is 0 Å². The fraction of sp³-hybridized carbons (Fsp3) is 0.533. The van der Waals surface area contributed by atoms with Crippen molar-refractivity contribution in [2.75, 3.05) is 20.6 Å². The minimum atomic E-state index is -0.108. The lowest BCUT2D eigenvalue weighted by Crippen LogP contribution is -2.48. The lowest BCUT2D eigenvalue weighted by atomic mass is 10.0. The van der Waals surface area contributed by atoms with Gasteiger partial charge in [0.25, 0.3) is 0 Å². The second-order valence-electron chi connectivity index (χ2n) is 5.65. The number of pyridine rings is 1. The average Bonchev–Trinajstić information content (AvgIpc) is 2.43. The van der Waals surface area contributed by atoms with Crippen LogP contribution in [0.4, 0.5) is 0 Å². The lowest BCUT2D eigenvalue weighted by Gasteiger charge is -2.32. The number of nitrogens with one attached hydrogen (secondary N) is 1. The van der Waals surface area contributed by atoms with E-state index in [4.69, 9.17) is 0 Å². The first-order chi connectivity index (χ1) is 9.33. The number of nitrogens with zero attached hydrogens (tertiary/aromatic N) is 2. The third kappa shape index (κ3) is 5.09. The summed E-state index contributed by atoms with van der Waals surface area (Å²) in [6, 6.07) is 3.43. The van der Waals surface area contributed by atoms with Gasteiger partial charge in [-0.2, -0.15) is 0 Å². The second kappa shape index (κ2) is 7.14. The zero-order chi connectivity index (χ0) is 15.2. The Balaban J connectivity index is 2.36. The van der Waals surface area contributed by atoms with Crippen LogP contribution >= 0.6 is 0 Å². The summed E-state index contributed by atoms with van der Waals surface area (Å²) in [5.74, 6) is -0.155. The predicted molar refractivity (Wildman–Crippen MR) is 78.6 cm³/mol. The number of rotatable bonds is 7. The van der Waals surface area contributed by atoms with Gasteiger partial charge in [-0.15, -0.1) is 0 Å². The van der Waals surface area contributed by atoms with E-state index in [-0.39, 0.29) is 30.1 Å². The van der Waals surface area contributed by atoms with Gasteiger partial charge in [-0.1, -0.05) is 0 Å². The van der Waals surface area contributed by atoms with Crippen molar-refractivity contribution in [1.29, 1.82) is 0 Å². The van der Waals surface area contributed by atoms with Gasteiger partial charge in [-0.05, 0) is 40.1 Å². The van der Waals surface area contributed by atoms with Gasteiger partial charge in [0.15, 0.2) is 5.78 Å².